The fraction of sp³-hybridized carbons (Fsp3) is 0.864. The molecule has 0 aromatic carbocycles. The first-order valence-corrected chi connectivity index (χ1v) is 12.6. The van der Waals surface area contributed by atoms with Gasteiger partial charge in [-0.3, -0.25) is 9.59 Å². The Labute approximate surface area is 262 Å². The number of aliphatic hydroxyl groups excluding tert-OH is 6. The zero-order valence-electron chi connectivity index (χ0n) is 23.3. The Morgan fingerprint density at radius 3 is 2.31 bits per heavy atom. The van der Waals surface area contributed by atoms with E-state index in [0.29, 0.717) is 0 Å². The van der Waals surface area contributed by atoms with Crippen molar-refractivity contribution < 1.29 is 98.6 Å². The summed E-state index contributed by atoms with van der Waals surface area (Å²) in [6.45, 7) is 0.410. The standard InChI is InChI=1S/C22H37N5O14.Na/c1-9(29)25-14-11(31)6-22(21(36)37,41-19(14)16(33)12(32)7-28)39-8-13-17(34)18(35)15(26-10(2)30)20(40-13)38-5-3-4-24-27-23;/h11-20,28,31-35H,3-8H2,1-2H3,(H,25,29)(H,26,30)(H,36,37);/q;+1/p-1/t11-,12+,13+,14+,15+,16+,17-,18+,19+,20-,22+;/m0./s1. The second-order valence-electron chi connectivity index (χ2n) is 9.60. The molecule has 0 aromatic heterocycles. The van der Waals surface area contributed by atoms with Gasteiger partial charge in [0.25, 0.3) is 0 Å². The van der Waals surface area contributed by atoms with Crippen LogP contribution in [0.2, 0.25) is 0 Å². The maximum absolute atomic E-state index is 12.2. The van der Waals surface area contributed by atoms with E-state index in [1.165, 1.54) is 0 Å². The van der Waals surface area contributed by atoms with Crippen LogP contribution in [0.3, 0.4) is 0 Å². The molecule has 20 heteroatoms. The Bertz CT molecular complexity index is 960. The van der Waals surface area contributed by atoms with E-state index in [4.69, 9.17) is 24.5 Å². The molecule has 2 fully saturated rings. The maximum Gasteiger partial charge on any atom is 1.00 e. The van der Waals surface area contributed by atoms with E-state index in [1.807, 2.05) is 0 Å². The molecule has 0 radical (unpaired) electrons. The van der Waals surface area contributed by atoms with Crippen LogP contribution in [-0.4, -0.2) is 142 Å². The first-order valence-electron chi connectivity index (χ1n) is 12.6. The van der Waals surface area contributed by atoms with Gasteiger partial charge in [0.15, 0.2) is 6.29 Å². The normalized spacial score (nSPS) is 34.2. The number of carboxylic acids is 1. The third kappa shape index (κ3) is 9.93. The zero-order chi connectivity index (χ0) is 30.9. The molecule has 0 aromatic rings. The van der Waals surface area contributed by atoms with E-state index >= 15 is 0 Å². The fourth-order valence-electron chi connectivity index (χ4n) is 4.46. The van der Waals surface area contributed by atoms with E-state index < -0.39 is 104 Å². The van der Waals surface area contributed by atoms with Gasteiger partial charge in [0.05, 0.1) is 25.4 Å². The number of nitrogens with one attached hydrogen (secondary N) is 2. The van der Waals surface area contributed by atoms with Crippen LogP contribution in [0, 0.1) is 0 Å². The second-order valence-corrected chi connectivity index (χ2v) is 9.60. The Balaban J connectivity index is 0.00000882. The Morgan fingerprint density at radius 1 is 1.14 bits per heavy atom. The molecular weight excluding hydrogens is 581 g/mol. The van der Waals surface area contributed by atoms with Crippen molar-refractivity contribution in [2.45, 2.75) is 93.6 Å². The second kappa shape index (κ2) is 17.6. The molecule has 0 aliphatic carbocycles. The molecule has 11 atom stereocenters. The minimum atomic E-state index is -2.83. The average molecular weight is 618 g/mol. The molecule has 42 heavy (non-hydrogen) atoms. The summed E-state index contributed by atoms with van der Waals surface area (Å²) in [6.07, 6.45) is -14.5. The minimum absolute atomic E-state index is 0. The molecule has 234 valence electrons. The maximum atomic E-state index is 12.2. The van der Waals surface area contributed by atoms with Crippen molar-refractivity contribution in [3.63, 3.8) is 0 Å². The van der Waals surface area contributed by atoms with Crippen molar-refractivity contribution in [3.05, 3.63) is 10.4 Å². The molecule has 0 spiro atoms. The summed E-state index contributed by atoms with van der Waals surface area (Å²) in [4.78, 5) is 38.1. The molecular formula is C22H36N5NaO14. The molecule has 2 amide bonds. The molecule has 2 aliphatic heterocycles. The predicted octanol–water partition coefficient (Wildman–Crippen LogP) is -8.51. The molecule has 2 heterocycles. The van der Waals surface area contributed by atoms with Gasteiger partial charge in [-0.2, -0.15) is 0 Å². The molecule has 19 nitrogen and oxygen atoms in total. The SMILES string of the molecule is CC(=O)N[C@H]1[C@@H](OCCCN=[N+]=[N-])O[C@H](CO[C@]2(C(=O)[O-])C[C@H](O)[C@@H](NC(C)=O)[C@H]([C@H](O)[C@H](O)CO)O2)[C@H](O)[C@@H]1O.[Na+]. The summed E-state index contributed by atoms with van der Waals surface area (Å²) in [5, 5.41) is 81.9. The summed E-state index contributed by atoms with van der Waals surface area (Å²) < 4.78 is 22.1. The van der Waals surface area contributed by atoms with Crippen LogP contribution < -0.4 is 45.3 Å². The average Bonchev–Trinajstić information content (AvgIpc) is 2.91. The van der Waals surface area contributed by atoms with E-state index in [0.717, 1.165) is 13.8 Å². The van der Waals surface area contributed by atoms with Crippen molar-refractivity contribution >= 4 is 17.8 Å². The third-order valence-electron chi connectivity index (χ3n) is 6.47. The quantitative estimate of drug-likeness (QED) is 0.0295. The van der Waals surface area contributed by atoms with Gasteiger partial charge in [0.1, 0.15) is 48.6 Å². The van der Waals surface area contributed by atoms with Gasteiger partial charge < -0.3 is 70.1 Å². The van der Waals surface area contributed by atoms with Gasteiger partial charge in [-0.25, -0.2) is 0 Å². The van der Waals surface area contributed by atoms with Gasteiger partial charge in [0.2, 0.25) is 17.6 Å². The van der Waals surface area contributed by atoms with Crippen molar-refractivity contribution in [2.75, 3.05) is 26.4 Å². The number of hydrogen-bond donors (Lipinski definition) is 8. The van der Waals surface area contributed by atoms with Gasteiger partial charge in [-0.1, -0.05) is 5.11 Å². The predicted molar refractivity (Wildman–Crippen MR) is 129 cm³/mol. The monoisotopic (exact) mass is 617 g/mol. The Morgan fingerprint density at radius 2 is 1.76 bits per heavy atom. The number of amides is 2. The van der Waals surface area contributed by atoms with Crippen molar-refractivity contribution in [3.8, 4) is 0 Å². The van der Waals surface area contributed by atoms with Crippen LogP contribution in [0.1, 0.15) is 26.7 Å². The number of azide groups is 1. The fourth-order valence-corrected chi connectivity index (χ4v) is 4.46. The van der Waals surface area contributed by atoms with Crippen LogP contribution in [0.15, 0.2) is 5.11 Å². The summed E-state index contributed by atoms with van der Waals surface area (Å²) in [7, 11) is 0. The Kier molecular flexibility index (Phi) is 16.0. The van der Waals surface area contributed by atoms with Crippen LogP contribution in [-0.2, 0) is 33.3 Å². The number of aliphatic carboxylic acids is 1. The first kappa shape index (κ1) is 38.3. The van der Waals surface area contributed by atoms with Gasteiger partial charge in [-0.15, -0.1) is 0 Å². The van der Waals surface area contributed by atoms with Crippen LogP contribution in [0.4, 0.5) is 0 Å². The largest absolute Gasteiger partial charge is 1.00 e. The topological polar surface area (TPSA) is 305 Å². The number of aliphatic hydroxyl groups is 6. The number of rotatable bonds is 14. The molecule has 0 saturated carbocycles. The van der Waals surface area contributed by atoms with Gasteiger partial charge in [0, 0.05) is 38.3 Å². The molecule has 8 N–H and O–H groups in total. The molecule has 2 aliphatic rings. The number of carboxylic acid groups (broad SMARTS) is 1. The number of carbonyl (C=O) groups is 3. The molecule has 0 bridgehead atoms. The third-order valence-corrected chi connectivity index (χ3v) is 6.47. The smallest absolute Gasteiger partial charge is 0.544 e. The zero-order valence-corrected chi connectivity index (χ0v) is 25.3. The molecule has 0 unspecified atom stereocenters. The number of ether oxygens (including phenoxy) is 4. The van der Waals surface area contributed by atoms with Crippen LogP contribution in [0.25, 0.3) is 10.4 Å². The summed E-state index contributed by atoms with van der Waals surface area (Å²) in [5.74, 6) is -6.15. The Hall–Kier alpha value is -1.68. The van der Waals surface area contributed by atoms with Crippen LogP contribution in [0.5, 0.6) is 0 Å². The van der Waals surface area contributed by atoms with E-state index in [1.54, 1.807) is 0 Å². The van der Waals surface area contributed by atoms with E-state index in [9.17, 15) is 50.1 Å². The molecule has 2 saturated heterocycles. The van der Waals surface area contributed by atoms with Gasteiger partial charge >= 0.3 is 29.6 Å². The van der Waals surface area contributed by atoms with E-state index in [-0.39, 0.29) is 49.1 Å². The summed E-state index contributed by atoms with van der Waals surface area (Å²) in [5.41, 5.74) is 8.38. The van der Waals surface area contributed by atoms with Crippen LogP contribution >= 0.6 is 0 Å². The summed E-state index contributed by atoms with van der Waals surface area (Å²) >= 11 is 0. The van der Waals surface area contributed by atoms with Crippen molar-refractivity contribution in [2.24, 2.45) is 5.11 Å². The number of carbonyl (C=O) groups excluding carboxylic acids is 3. The van der Waals surface area contributed by atoms with Crippen molar-refractivity contribution in [1.82, 2.24) is 10.6 Å². The summed E-state index contributed by atoms with van der Waals surface area (Å²) in [6, 6.07) is -2.71. The van der Waals surface area contributed by atoms with Crippen molar-refractivity contribution in [1.29, 1.82) is 0 Å². The molecule has 2 rings (SSSR count). The van der Waals surface area contributed by atoms with E-state index in [2.05, 4.69) is 20.7 Å². The number of nitrogens with zero attached hydrogens (tertiary/aromatic N) is 3. The minimum Gasteiger partial charge on any atom is -0.544 e. The first-order chi connectivity index (χ1) is 19.3. The number of hydrogen-bond acceptors (Lipinski definition) is 15. The van der Waals surface area contributed by atoms with Gasteiger partial charge in [-0.05, 0) is 12.0 Å².